The van der Waals surface area contributed by atoms with E-state index in [1.54, 1.807) is 12.1 Å². The number of hydrogen-bond acceptors (Lipinski definition) is 6. The molecule has 2 aromatic heterocycles. The number of anilines is 3. The highest BCUT2D eigenvalue weighted by molar-refractivity contribution is 6.37. The molecule has 1 atom stereocenters. The number of rotatable bonds is 7. The number of aryl methyl sites for hydroxylation is 1. The number of aromatic hydroxyl groups is 1. The summed E-state index contributed by atoms with van der Waals surface area (Å²) in [6.07, 6.45) is 6.92. The van der Waals surface area contributed by atoms with Gasteiger partial charge in [-0.25, -0.2) is 4.98 Å². The van der Waals surface area contributed by atoms with Crippen LogP contribution in [-0.4, -0.2) is 53.2 Å². The molecule has 0 saturated carbocycles. The summed E-state index contributed by atoms with van der Waals surface area (Å²) < 4.78 is 0. The highest BCUT2D eigenvalue weighted by Gasteiger charge is 2.24. The number of halogens is 2. The number of phenolic OH excluding ortho intramolecular Hbond substituents is 1. The fourth-order valence-corrected chi connectivity index (χ4v) is 5.40. The number of fused-ring (bicyclic) bond motifs is 1. The van der Waals surface area contributed by atoms with Crippen molar-refractivity contribution in [3.63, 3.8) is 0 Å². The summed E-state index contributed by atoms with van der Waals surface area (Å²) in [5.41, 5.74) is 5.75. The Hall–Kier alpha value is -3.06. The van der Waals surface area contributed by atoms with Gasteiger partial charge in [-0.05, 0) is 80.0 Å². The maximum absolute atomic E-state index is 9.98. The van der Waals surface area contributed by atoms with Crippen molar-refractivity contribution in [3.05, 3.63) is 70.5 Å². The Kier molecular flexibility index (Phi) is 7.43. The number of benzene rings is 2. The van der Waals surface area contributed by atoms with Gasteiger partial charge in [-0.3, -0.25) is 4.98 Å². The maximum atomic E-state index is 9.98. The lowest BCUT2D eigenvalue weighted by Gasteiger charge is -2.21. The third kappa shape index (κ3) is 5.33. The Balaban J connectivity index is 1.49. The van der Waals surface area contributed by atoms with Crippen LogP contribution in [0.2, 0.25) is 10.0 Å². The fraction of sp³-hybridized carbons (Fsp3) is 0.310. The summed E-state index contributed by atoms with van der Waals surface area (Å²) in [4.78, 5) is 14.1. The lowest BCUT2D eigenvalue weighted by molar-refractivity contribution is 0.315. The van der Waals surface area contributed by atoms with E-state index >= 15 is 0 Å². The SMILES string of the molecule is CCCc1cnc2ccc(-c3cc(Cl)c(O)c(Cl)c3)cc2c1Nc1ccc(N2CCC(N(C)C)C2)nc1. The number of aromatic nitrogens is 2. The second-order valence-electron chi connectivity index (χ2n) is 9.81. The first kappa shape index (κ1) is 25.6. The van der Waals surface area contributed by atoms with E-state index < -0.39 is 0 Å². The van der Waals surface area contributed by atoms with Gasteiger partial charge in [0, 0.05) is 30.7 Å². The van der Waals surface area contributed by atoms with Gasteiger partial charge < -0.3 is 20.2 Å². The van der Waals surface area contributed by atoms with Crippen molar-refractivity contribution in [1.29, 1.82) is 0 Å². The van der Waals surface area contributed by atoms with Crippen molar-refractivity contribution < 1.29 is 5.11 Å². The minimum Gasteiger partial charge on any atom is -0.505 e. The van der Waals surface area contributed by atoms with Crippen molar-refractivity contribution >= 4 is 51.3 Å². The fourth-order valence-electron chi connectivity index (χ4n) is 4.91. The predicted octanol–water partition coefficient (Wildman–Crippen LogP) is 7.15. The van der Waals surface area contributed by atoms with Gasteiger partial charge >= 0.3 is 0 Å². The first-order chi connectivity index (χ1) is 17.8. The lowest BCUT2D eigenvalue weighted by Crippen LogP contribution is -2.31. The molecule has 4 aromatic rings. The topological polar surface area (TPSA) is 64.5 Å². The molecule has 1 saturated heterocycles. The van der Waals surface area contributed by atoms with Crippen molar-refractivity contribution in [2.24, 2.45) is 0 Å². The largest absolute Gasteiger partial charge is 0.505 e. The minimum absolute atomic E-state index is 0.107. The first-order valence-corrected chi connectivity index (χ1v) is 13.3. The summed E-state index contributed by atoms with van der Waals surface area (Å²) >= 11 is 12.4. The molecule has 3 heterocycles. The van der Waals surface area contributed by atoms with Gasteiger partial charge in [0.15, 0.2) is 5.75 Å². The average molecular weight is 537 g/mol. The summed E-state index contributed by atoms with van der Waals surface area (Å²) in [6, 6.07) is 14.3. The third-order valence-electron chi connectivity index (χ3n) is 7.05. The Labute approximate surface area is 227 Å². The number of likely N-dealkylation sites (N-methyl/N-ethyl adjacent to an activating group) is 1. The average Bonchev–Trinajstić information content (AvgIpc) is 3.39. The number of phenols is 1. The van der Waals surface area contributed by atoms with Gasteiger partial charge in [-0.2, -0.15) is 0 Å². The van der Waals surface area contributed by atoms with E-state index in [-0.39, 0.29) is 15.8 Å². The van der Waals surface area contributed by atoms with Crippen LogP contribution < -0.4 is 10.2 Å². The summed E-state index contributed by atoms with van der Waals surface area (Å²) in [7, 11) is 4.27. The molecule has 192 valence electrons. The molecule has 0 amide bonds. The van der Waals surface area contributed by atoms with Crippen molar-refractivity contribution in [1.82, 2.24) is 14.9 Å². The zero-order valence-electron chi connectivity index (χ0n) is 21.3. The maximum Gasteiger partial charge on any atom is 0.152 e. The molecule has 1 aliphatic heterocycles. The minimum atomic E-state index is -0.107. The van der Waals surface area contributed by atoms with Crippen LogP contribution in [0.1, 0.15) is 25.3 Å². The van der Waals surface area contributed by atoms with Gasteiger partial charge in [0.1, 0.15) is 5.82 Å². The van der Waals surface area contributed by atoms with Crippen LogP contribution in [0.25, 0.3) is 22.0 Å². The van der Waals surface area contributed by atoms with Crippen molar-refractivity contribution in [3.8, 4) is 16.9 Å². The molecule has 2 aromatic carbocycles. The molecule has 0 spiro atoms. The van der Waals surface area contributed by atoms with Gasteiger partial charge in [0.2, 0.25) is 0 Å². The Bertz CT molecular complexity index is 1400. The molecular weight excluding hydrogens is 505 g/mol. The highest BCUT2D eigenvalue weighted by atomic mass is 35.5. The molecule has 37 heavy (non-hydrogen) atoms. The molecule has 1 aliphatic rings. The molecule has 6 nitrogen and oxygen atoms in total. The number of nitrogens with zero attached hydrogens (tertiary/aromatic N) is 4. The molecule has 0 aliphatic carbocycles. The van der Waals surface area contributed by atoms with Crippen molar-refractivity contribution in [2.75, 3.05) is 37.4 Å². The van der Waals surface area contributed by atoms with Gasteiger partial charge in [-0.1, -0.05) is 42.6 Å². The Morgan fingerprint density at radius 2 is 1.81 bits per heavy atom. The number of hydrogen-bond donors (Lipinski definition) is 2. The summed E-state index contributed by atoms with van der Waals surface area (Å²) in [5.74, 6) is 0.899. The molecule has 1 unspecified atom stereocenters. The standard InChI is InChI=1S/C29H31Cl2N5O/c1-4-5-19-15-32-26-8-6-18(20-13-24(30)29(37)25(31)14-20)12-23(26)28(19)34-21-7-9-27(33-16-21)36-11-10-22(17-36)35(2)3/h6-9,12-16,22,37H,4-5,10-11,17H2,1-3H3,(H,32,34). The van der Waals surface area contributed by atoms with Crippen LogP contribution in [0, 0.1) is 0 Å². The number of pyridine rings is 2. The molecule has 1 fully saturated rings. The number of nitrogens with one attached hydrogen (secondary N) is 1. The van der Waals surface area contributed by atoms with Gasteiger partial charge in [0.25, 0.3) is 0 Å². The highest BCUT2D eigenvalue weighted by Crippen LogP contribution is 2.38. The van der Waals surface area contributed by atoms with Crippen LogP contribution in [0.5, 0.6) is 5.75 Å². The zero-order chi connectivity index (χ0) is 26.1. The van der Waals surface area contributed by atoms with Crippen LogP contribution in [-0.2, 0) is 6.42 Å². The van der Waals surface area contributed by atoms with E-state index in [9.17, 15) is 5.11 Å². The zero-order valence-corrected chi connectivity index (χ0v) is 22.8. The molecular formula is C29H31Cl2N5O. The van der Waals surface area contributed by atoms with E-state index in [1.807, 2.05) is 24.5 Å². The predicted molar refractivity (Wildman–Crippen MR) is 155 cm³/mol. The van der Waals surface area contributed by atoms with Crippen LogP contribution in [0.15, 0.2) is 54.9 Å². The van der Waals surface area contributed by atoms with Crippen LogP contribution in [0.3, 0.4) is 0 Å². The second kappa shape index (κ2) is 10.7. The van der Waals surface area contributed by atoms with Crippen molar-refractivity contribution in [2.45, 2.75) is 32.2 Å². The molecule has 0 radical (unpaired) electrons. The Morgan fingerprint density at radius 3 is 2.46 bits per heavy atom. The van der Waals surface area contributed by atoms with Crippen LogP contribution in [0.4, 0.5) is 17.2 Å². The van der Waals surface area contributed by atoms with Gasteiger partial charge in [-0.15, -0.1) is 0 Å². The molecule has 0 bridgehead atoms. The van der Waals surface area contributed by atoms with E-state index in [4.69, 9.17) is 33.2 Å². The molecule has 8 heteroatoms. The monoisotopic (exact) mass is 535 g/mol. The second-order valence-corrected chi connectivity index (χ2v) is 10.6. The summed E-state index contributed by atoms with van der Waals surface area (Å²) in [6.45, 7) is 4.18. The first-order valence-electron chi connectivity index (χ1n) is 12.6. The lowest BCUT2D eigenvalue weighted by atomic mass is 9.99. The molecule has 5 rings (SSSR count). The summed E-state index contributed by atoms with van der Waals surface area (Å²) in [5, 5.41) is 15.1. The smallest absolute Gasteiger partial charge is 0.152 e. The quantitative estimate of drug-likeness (QED) is 0.262. The van der Waals surface area contributed by atoms with E-state index in [1.165, 1.54) is 0 Å². The van der Waals surface area contributed by atoms with E-state index in [0.29, 0.717) is 6.04 Å². The third-order valence-corrected chi connectivity index (χ3v) is 7.63. The van der Waals surface area contributed by atoms with Gasteiger partial charge in [0.05, 0.1) is 33.1 Å². The van der Waals surface area contributed by atoms with E-state index in [2.05, 4.69) is 54.3 Å². The molecule has 2 N–H and O–H groups in total. The van der Waals surface area contributed by atoms with Crippen LogP contribution >= 0.6 is 23.2 Å². The van der Waals surface area contributed by atoms with E-state index in [0.717, 1.165) is 77.1 Å². The normalized spacial score (nSPS) is 15.6. The Morgan fingerprint density at radius 1 is 1.03 bits per heavy atom.